The third-order valence-corrected chi connectivity index (χ3v) is 4.77. The Morgan fingerprint density at radius 2 is 1.56 bits per heavy atom. The van der Waals surface area contributed by atoms with Crippen LogP contribution in [0.25, 0.3) is 0 Å². The number of benzene rings is 3. The summed E-state index contributed by atoms with van der Waals surface area (Å²) in [5, 5.41) is 3.61. The van der Waals surface area contributed by atoms with E-state index >= 15 is 0 Å². The smallest absolute Gasteiger partial charge is 0.119 e. The summed E-state index contributed by atoms with van der Waals surface area (Å²) in [6.45, 7) is 5.85. The Bertz CT molecular complexity index is 811. The van der Waals surface area contributed by atoms with E-state index in [1.165, 1.54) is 22.3 Å². The summed E-state index contributed by atoms with van der Waals surface area (Å²) in [5.74, 6) is 0.914. The minimum atomic E-state index is 0.488. The molecular weight excluding hydrogens is 330 g/mol. The zero-order valence-corrected chi connectivity index (χ0v) is 16.3. The third kappa shape index (κ3) is 6.58. The topological polar surface area (TPSA) is 21.3 Å². The predicted octanol–water partition coefficient (Wildman–Crippen LogP) is 5.68. The second-order valence-corrected chi connectivity index (χ2v) is 7.23. The van der Waals surface area contributed by atoms with Gasteiger partial charge in [0.2, 0.25) is 0 Å². The summed E-state index contributed by atoms with van der Waals surface area (Å²) in [7, 11) is 0. The van der Waals surface area contributed by atoms with Gasteiger partial charge in [0.25, 0.3) is 0 Å². The summed E-state index contributed by atoms with van der Waals surface area (Å²) >= 11 is 0. The second-order valence-electron chi connectivity index (χ2n) is 7.23. The molecule has 0 spiro atoms. The van der Waals surface area contributed by atoms with Crippen LogP contribution in [0.5, 0.6) is 5.75 Å². The molecule has 0 aliphatic rings. The van der Waals surface area contributed by atoms with Gasteiger partial charge >= 0.3 is 0 Å². The number of hydrogen-bond donors (Lipinski definition) is 1. The number of hydrogen-bond acceptors (Lipinski definition) is 2. The van der Waals surface area contributed by atoms with Crippen molar-refractivity contribution in [3.8, 4) is 5.75 Å². The van der Waals surface area contributed by atoms with E-state index < -0.39 is 0 Å². The van der Waals surface area contributed by atoms with Crippen molar-refractivity contribution in [3.63, 3.8) is 0 Å². The van der Waals surface area contributed by atoms with Crippen LogP contribution < -0.4 is 10.1 Å². The van der Waals surface area contributed by atoms with E-state index in [4.69, 9.17) is 4.74 Å². The normalized spacial score (nSPS) is 11.9. The fourth-order valence-corrected chi connectivity index (χ4v) is 3.09. The standard InChI is InChI=1S/C25H29NO/c1-20-7-6-10-24(17-20)19-27-25-15-13-23(14-16-25)18-26-21(2)11-12-22-8-4-3-5-9-22/h3-10,13-17,21,26H,11-12,18-19H2,1-2H3/t21-/m0/s1. The van der Waals surface area contributed by atoms with Gasteiger partial charge in [-0.25, -0.2) is 0 Å². The van der Waals surface area contributed by atoms with Gasteiger partial charge in [-0.3, -0.25) is 0 Å². The number of rotatable bonds is 9. The van der Waals surface area contributed by atoms with Gasteiger partial charge in [0.15, 0.2) is 0 Å². The molecule has 0 amide bonds. The molecule has 0 saturated carbocycles. The van der Waals surface area contributed by atoms with Crippen LogP contribution in [0.15, 0.2) is 78.9 Å². The molecule has 3 aromatic carbocycles. The lowest BCUT2D eigenvalue weighted by molar-refractivity contribution is 0.306. The van der Waals surface area contributed by atoms with Gasteiger partial charge in [0.05, 0.1) is 0 Å². The fraction of sp³-hybridized carbons (Fsp3) is 0.280. The van der Waals surface area contributed by atoms with Crippen LogP contribution in [-0.2, 0) is 19.6 Å². The lowest BCUT2D eigenvalue weighted by Crippen LogP contribution is -2.25. The van der Waals surface area contributed by atoms with E-state index in [1.54, 1.807) is 0 Å². The van der Waals surface area contributed by atoms with Gasteiger partial charge in [0.1, 0.15) is 12.4 Å². The van der Waals surface area contributed by atoms with E-state index in [9.17, 15) is 0 Å². The lowest BCUT2D eigenvalue weighted by atomic mass is 10.1. The number of nitrogens with one attached hydrogen (secondary N) is 1. The van der Waals surface area contributed by atoms with Gasteiger partial charge in [-0.15, -0.1) is 0 Å². The molecule has 0 aliphatic heterocycles. The number of aryl methyl sites for hydroxylation is 2. The lowest BCUT2D eigenvalue weighted by Gasteiger charge is -2.14. The zero-order valence-electron chi connectivity index (χ0n) is 16.3. The highest BCUT2D eigenvalue weighted by Gasteiger charge is 2.03. The molecule has 2 heteroatoms. The van der Waals surface area contributed by atoms with Gasteiger partial charge in [-0.2, -0.15) is 0 Å². The van der Waals surface area contributed by atoms with Gasteiger partial charge < -0.3 is 10.1 Å². The molecule has 0 unspecified atom stereocenters. The molecule has 3 rings (SSSR count). The SMILES string of the molecule is Cc1cccc(COc2ccc(CN[C@@H](C)CCc3ccccc3)cc2)c1. The predicted molar refractivity (Wildman–Crippen MR) is 113 cm³/mol. The van der Waals surface area contributed by atoms with Crippen molar-refractivity contribution in [3.05, 3.63) is 101 Å². The summed E-state index contributed by atoms with van der Waals surface area (Å²) in [6.07, 6.45) is 2.25. The Morgan fingerprint density at radius 1 is 0.815 bits per heavy atom. The molecule has 0 saturated heterocycles. The highest BCUT2D eigenvalue weighted by Crippen LogP contribution is 2.15. The first kappa shape index (κ1) is 19.2. The molecule has 140 valence electrons. The molecule has 3 aromatic rings. The van der Waals surface area contributed by atoms with Gasteiger partial charge in [-0.05, 0) is 55.5 Å². The molecule has 1 atom stereocenters. The van der Waals surface area contributed by atoms with E-state index in [2.05, 4.69) is 98.0 Å². The average Bonchev–Trinajstić information content (AvgIpc) is 2.71. The third-order valence-electron chi connectivity index (χ3n) is 4.77. The van der Waals surface area contributed by atoms with Crippen LogP contribution >= 0.6 is 0 Å². The van der Waals surface area contributed by atoms with Crippen LogP contribution in [0.2, 0.25) is 0 Å². The maximum absolute atomic E-state index is 5.89. The monoisotopic (exact) mass is 359 g/mol. The first-order chi connectivity index (χ1) is 13.2. The van der Waals surface area contributed by atoms with Gasteiger partial charge in [-0.1, -0.05) is 72.3 Å². The van der Waals surface area contributed by atoms with E-state index in [-0.39, 0.29) is 0 Å². The van der Waals surface area contributed by atoms with Crippen molar-refractivity contribution >= 4 is 0 Å². The molecule has 0 aromatic heterocycles. The van der Waals surface area contributed by atoms with E-state index in [0.29, 0.717) is 12.6 Å². The van der Waals surface area contributed by atoms with Crippen LogP contribution in [0, 0.1) is 6.92 Å². The first-order valence-corrected chi connectivity index (χ1v) is 9.73. The Labute approximate surface area is 163 Å². The van der Waals surface area contributed by atoms with Crippen LogP contribution in [0.3, 0.4) is 0 Å². The first-order valence-electron chi connectivity index (χ1n) is 9.73. The molecular formula is C25H29NO. The zero-order chi connectivity index (χ0) is 18.9. The molecule has 0 bridgehead atoms. The molecule has 0 heterocycles. The maximum Gasteiger partial charge on any atom is 0.119 e. The minimum Gasteiger partial charge on any atom is -0.489 e. The fourth-order valence-electron chi connectivity index (χ4n) is 3.09. The second kappa shape index (κ2) is 9.94. The van der Waals surface area contributed by atoms with Crippen molar-refractivity contribution in [2.45, 2.75) is 45.9 Å². The van der Waals surface area contributed by atoms with Crippen LogP contribution in [0.1, 0.15) is 35.6 Å². The summed E-state index contributed by atoms with van der Waals surface area (Å²) < 4.78 is 5.89. The summed E-state index contributed by atoms with van der Waals surface area (Å²) in [6, 6.07) is 28.0. The number of ether oxygens (including phenoxy) is 1. The molecule has 27 heavy (non-hydrogen) atoms. The van der Waals surface area contributed by atoms with Crippen molar-refractivity contribution < 1.29 is 4.74 Å². The highest BCUT2D eigenvalue weighted by atomic mass is 16.5. The quantitative estimate of drug-likeness (QED) is 0.530. The largest absolute Gasteiger partial charge is 0.489 e. The van der Waals surface area contributed by atoms with Crippen molar-refractivity contribution in [1.82, 2.24) is 5.32 Å². The Balaban J connectivity index is 1.40. The molecule has 2 nitrogen and oxygen atoms in total. The van der Waals surface area contributed by atoms with Crippen molar-refractivity contribution in [1.29, 1.82) is 0 Å². The molecule has 0 aliphatic carbocycles. The van der Waals surface area contributed by atoms with Crippen molar-refractivity contribution in [2.75, 3.05) is 0 Å². The summed E-state index contributed by atoms with van der Waals surface area (Å²) in [4.78, 5) is 0. The van der Waals surface area contributed by atoms with Crippen molar-refractivity contribution in [2.24, 2.45) is 0 Å². The van der Waals surface area contributed by atoms with E-state index in [0.717, 1.165) is 25.1 Å². The van der Waals surface area contributed by atoms with E-state index in [1.807, 2.05) is 0 Å². The maximum atomic E-state index is 5.89. The molecule has 0 fully saturated rings. The Hall–Kier alpha value is -2.58. The highest BCUT2D eigenvalue weighted by molar-refractivity contribution is 5.28. The molecule has 0 radical (unpaired) electrons. The van der Waals surface area contributed by atoms with Gasteiger partial charge in [0, 0.05) is 12.6 Å². The molecule has 1 N–H and O–H groups in total. The van der Waals surface area contributed by atoms with Crippen LogP contribution in [0.4, 0.5) is 0 Å². The average molecular weight is 360 g/mol. The Kier molecular flexibility index (Phi) is 7.06. The van der Waals surface area contributed by atoms with Crippen LogP contribution in [-0.4, -0.2) is 6.04 Å². The Morgan fingerprint density at radius 3 is 2.30 bits per heavy atom. The summed E-state index contributed by atoms with van der Waals surface area (Å²) in [5.41, 5.74) is 5.15. The minimum absolute atomic E-state index is 0.488.